The molecule has 0 aromatic heterocycles. The van der Waals surface area contributed by atoms with Gasteiger partial charge in [0.15, 0.2) is 0 Å². The Bertz CT molecular complexity index is 239. The van der Waals surface area contributed by atoms with Crippen LogP contribution in [0.1, 0.15) is 79.1 Å². The first kappa shape index (κ1) is 20.4. The van der Waals surface area contributed by atoms with E-state index in [0.29, 0.717) is 12.5 Å². The molecule has 3 nitrogen and oxygen atoms in total. The minimum atomic E-state index is 0.129. The highest BCUT2D eigenvalue weighted by atomic mass is 16.1. The predicted octanol–water partition coefficient (Wildman–Crippen LogP) is 4.13. The van der Waals surface area contributed by atoms with Gasteiger partial charge in [0.2, 0.25) is 5.91 Å². The summed E-state index contributed by atoms with van der Waals surface area (Å²) in [4.78, 5) is 11.5. The van der Waals surface area contributed by atoms with Crippen LogP contribution in [0.5, 0.6) is 0 Å². The lowest BCUT2D eigenvalue weighted by atomic mass is 10.0. The average Bonchev–Trinajstić information content (AvgIpc) is 2.40. The third-order valence-corrected chi connectivity index (χ3v) is 3.62. The maximum atomic E-state index is 11.5. The second kappa shape index (κ2) is 14.4. The van der Waals surface area contributed by atoms with Crippen LogP contribution in [0.25, 0.3) is 0 Å². The molecule has 0 aromatic rings. The summed E-state index contributed by atoms with van der Waals surface area (Å²) >= 11 is 0. The van der Waals surface area contributed by atoms with Crippen molar-refractivity contribution in [2.45, 2.75) is 79.1 Å². The first-order valence-corrected chi connectivity index (χ1v) is 8.99. The van der Waals surface area contributed by atoms with Crippen LogP contribution >= 0.6 is 0 Å². The third-order valence-electron chi connectivity index (χ3n) is 3.62. The van der Waals surface area contributed by atoms with E-state index in [1.165, 1.54) is 44.9 Å². The molecule has 0 saturated carbocycles. The molecule has 126 valence electrons. The van der Waals surface area contributed by atoms with Gasteiger partial charge in [-0.15, -0.1) is 0 Å². The molecular formula is C18H38N2O. The lowest BCUT2D eigenvalue weighted by Gasteiger charge is -2.08. The topological polar surface area (TPSA) is 41.1 Å². The molecule has 0 saturated heterocycles. The molecule has 0 unspecified atom stereocenters. The number of nitrogens with one attached hydrogen (secondary N) is 2. The summed E-state index contributed by atoms with van der Waals surface area (Å²) in [7, 11) is 0. The zero-order valence-electron chi connectivity index (χ0n) is 14.8. The molecule has 3 heteroatoms. The molecule has 0 spiro atoms. The highest BCUT2D eigenvalue weighted by Gasteiger charge is 2.00. The Morgan fingerprint density at radius 1 is 0.810 bits per heavy atom. The summed E-state index contributed by atoms with van der Waals surface area (Å²) in [6.45, 7) is 11.1. The zero-order chi connectivity index (χ0) is 15.9. The van der Waals surface area contributed by atoms with Crippen molar-refractivity contribution in [3.63, 3.8) is 0 Å². The number of carbonyl (C=O) groups is 1. The Morgan fingerprint density at radius 2 is 1.38 bits per heavy atom. The van der Waals surface area contributed by atoms with E-state index in [2.05, 4.69) is 38.3 Å². The van der Waals surface area contributed by atoms with E-state index < -0.39 is 0 Å². The van der Waals surface area contributed by atoms with Gasteiger partial charge in [0, 0.05) is 6.54 Å². The van der Waals surface area contributed by atoms with Gasteiger partial charge in [-0.25, -0.2) is 0 Å². The Morgan fingerprint density at radius 3 is 1.95 bits per heavy atom. The fourth-order valence-electron chi connectivity index (χ4n) is 2.33. The number of unbranched alkanes of at least 4 members (excludes halogenated alkanes) is 6. The fraction of sp³-hybridized carbons (Fsp3) is 0.944. The van der Waals surface area contributed by atoms with Gasteiger partial charge in [-0.2, -0.15) is 0 Å². The van der Waals surface area contributed by atoms with Crippen LogP contribution in [-0.2, 0) is 4.79 Å². The van der Waals surface area contributed by atoms with Gasteiger partial charge in [-0.3, -0.25) is 4.79 Å². The third kappa shape index (κ3) is 17.4. The molecule has 0 radical (unpaired) electrons. The van der Waals surface area contributed by atoms with Gasteiger partial charge in [-0.1, -0.05) is 72.6 Å². The van der Waals surface area contributed by atoms with Gasteiger partial charge < -0.3 is 10.6 Å². The number of hydrogen-bond donors (Lipinski definition) is 2. The van der Waals surface area contributed by atoms with Crippen LogP contribution in [-0.4, -0.2) is 25.5 Å². The van der Waals surface area contributed by atoms with Crippen molar-refractivity contribution in [1.29, 1.82) is 0 Å². The lowest BCUT2D eigenvalue weighted by molar-refractivity contribution is -0.120. The summed E-state index contributed by atoms with van der Waals surface area (Å²) in [5, 5.41) is 6.14. The molecule has 0 bridgehead atoms. The molecule has 0 heterocycles. The van der Waals surface area contributed by atoms with Crippen LogP contribution in [0.3, 0.4) is 0 Å². The lowest BCUT2D eigenvalue weighted by Crippen LogP contribution is -2.35. The monoisotopic (exact) mass is 298 g/mol. The van der Waals surface area contributed by atoms with E-state index in [-0.39, 0.29) is 5.91 Å². The SMILES string of the molecule is CC(C)CCCCCCCCCNC(=O)CNCC(C)C. The normalized spacial score (nSPS) is 11.3. The summed E-state index contributed by atoms with van der Waals surface area (Å²) < 4.78 is 0. The first-order chi connectivity index (χ1) is 10.0. The number of amides is 1. The predicted molar refractivity (Wildman–Crippen MR) is 92.5 cm³/mol. The highest BCUT2D eigenvalue weighted by molar-refractivity contribution is 5.77. The van der Waals surface area contributed by atoms with E-state index in [0.717, 1.165) is 25.4 Å². The Kier molecular flexibility index (Phi) is 14.0. The maximum absolute atomic E-state index is 11.5. The van der Waals surface area contributed by atoms with Crippen LogP contribution in [0, 0.1) is 11.8 Å². The summed E-state index contributed by atoms with van der Waals surface area (Å²) in [5.74, 6) is 1.58. The fourth-order valence-corrected chi connectivity index (χ4v) is 2.33. The van der Waals surface area contributed by atoms with E-state index in [4.69, 9.17) is 0 Å². The van der Waals surface area contributed by atoms with Gasteiger partial charge >= 0.3 is 0 Å². The Labute approximate surface area is 132 Å². The molecule has 0 rings (SSSR count). The van der Waals surface area contributed by atoms with Gasteiger partial charge in [0.05, 0.1) is 6.54 Å². The Balaban J connectivity index is 3.16. The van der Waals surface area contributed by atoms with Gasteiger partial charge in [-0.05, 0) is 24.8 Å². The van der Waals surface area contributed by atoms with Crippen molar-refractivity contribution >= 4 is 5.91 Å². The standard InChI is InChI=1S/C18H38N2O/c1-16(2)12-10-8-6-5-7-9-11-13-20-18(21)15-19-14-17(3)4/h16-17,19H,5-15H2,1-4H3,(H,20,21). The average molecular weight is 299 g/mol. The zero-order valence-corrected chi connectivity index (χ0v) is 14.8. The molecule has 21 heavy (non-hydrogen) atoms. The smallest absolute Gasteiger partial charge is 0.233 e. The first-order valence-electron chi connectivity index (χ1n) is 8.99. The van der Waals surface area contributed by atoms with E-state index in [1.54, 1.807) is 0 Å². The van der Waals surface area contributed by atoms with Crippen molar-refractivity contribution in [2.75, 3.05) is 19.6 Å². The molecule has 0 aromatic carbocycles. The molecule has 0 aliphatic heterocycles. The number of carbonyl (C=O) groups excluding carboxylic acids is 1. The van der Waals surface area contributed by atoms with Crippen molar-refractivity contribution in [1.82, 2.24) is 10.6 Å². The quantitative estimate of drug-likeness (QED) is 0.474. The number of rotatable bonds is 14. The molecule has 0 aliphatic carbocycles. The van der Waals surface area contributed by atoms with Gasteiger partial charge in [0.25, 0.3) is 0 Å². The molecule has 0 fully saturated rings. The minimum absolute atomic E-state index is 0.129. The van der Waals surface area contributed by atoms with E-state index in [1.807, 2.05) is 0 Å². The Hall–Kier alpha value is -0.570. The number of hydrogen-bond acceptors (Lipinski definition) is 2. The van der Waals surface area contributed by atoms with Crippen molar-refractivity contribution in [2.24, 2.45) is 11.8 Å². The van der Waals surface area contributed by atoms with Crippen LogP contribution < -0.4 is 10.6 Å². The molecule has 1 amide bonds. The molecule has 0 aliphatic rings. The molecule has 0 atom stereocenters. The van der Waals surface area contributed by atoms with Crippen LogP contribution in [0.2, 0.25) is 0 Å². The summed E-state index contributed by atoms with van der Waals surface area (Å²) in [6.07, 6.45) is 10.5. The van der Waals surface area contributed by atoms with Gasteiger partial charge in [0.1, 0.15) is 0 Å². The van der Waals surface area contributed by atoms with Crippen LogP contribution in [0.15, 0.2) is 0 Å². The largest absolute Gasteiger partial charge is 0.355 e. The van der Waals surface area contributed by atoms with Crippen molar-refractivity contribution in [3.05, 3.63) is 0 Å². The molecular weight excluding hydrogens is 260 g/mol. The van der Waals surface area contributed by atoms with Crippen LogP contribution in [0.4, 0.5) is 0 Å². The van der Waals surface area contributed by atoms with Crippen molar-refractivity contribution < 1.29 is 4.79 Å². The molecule has 2 N–H and O–H groups in total. The summed E-state index contributed by atoms with van der Waals surface area (Å²) in [5.41, 5.74) is 0. The second-order valence-electron chi connectivity index (χ2n) is 7.03. The second-order valence-corrected chi connectivity index (χ2v) is 7.03. The van der Waals surface area contributed by atoms with E-state index in [9.17, 15) is 4.79 Å². The highest BCUT2D eigenvalue weighted by Crippen LogP contribution is 2.11. The van der Waals surface area contributed by atoms with E-state index >= 15 is 0 Å². The maximum Gasteiger partial charge on any atom is 0.233 e. The summed E-state index contributed by atoms with van der Waals surface area (Å²) in [6, 6.07) is 0. The minimum Gasteiger partial charge on any atom is -0.355 e. The van der Waals surface area contributed by atoms with Crippen molar-refractivity contribution in [3.8, 4) is 0 Å².